The molecule has 0 aliphatic heterocycles. The van der Waals surface area contributed by atoms with E-state index in [0.29, 0.717) is 0 Å². The van der Waals surface area contributed by atoms with Gasteiger partial charge in [-0.25, -0.2) is 0 Å². The Hall–Kier alpha value is -2.38. The van der Waals surface area contributed by atoms with E-state index in [0.717, 1.165) is 0 Å². The van der Waals surface area contributed by atoms with Crippen molar-refractivity contribution in [3.05, 3.63) is 107 Å². The van der Waals surface area contributed by atoms with Gasteiger partial charge in [0.1, 0.15) is 0 Å². The van der Waals surface area contributed by atoms with Crippen molar-refractivity contribution in [1.82, 2.24) is 0 Å². The van der Waals surface area contributed by atoms with E-state index >= 15 is 0 Å². The van der Waals surface area contributed by atoms with Crippen LogP contribution < -0.4 is 0 Å². The molecule has 0 radical (unpaired) electrons. The van der Waals surface area contributed by atoms with Crippen LogP contribution in [0.15, 0.2) is 84.9 Å². The lowest BCUT2D eigenvalue weighted by molar-refractivity contribution is 0.496. The van der Waals surface area contributed by atoms with Crippen molar-refractivity contribution >= 4 is 18.1 Å². The first-order valence-electron chi connectivity index (χ1n) is 13.2. The third-order valence-corrected chi connectivity index (χ3v) is 7.66. The molecule has 2 unspecified atom stereocenters. The third-order valence-electron chi connectivity index (χ3n) is 6.93. The Morgan fingerprint density at radius 2 is 0.795 bits per heavy atom. The first kappa shape index (κ1) is 31.2. The van der Waals surface area contributed by atoms with Crippen LogP contribution >= 0.6 is 18.1 Å². The summed E-state index contributed by atoms with van der Waals surface area (Å²) in [5.74, 6) is 0. The van der Waals surface area contributed by atoms with Crippen LogP contribution in [-0.2, 0) is 15.1 Å². The van der Waals surface area contributed by atoms with E-state index in [-0.39, 0.29) is 10.8 Å². The van der Waals surface area contributed by atoms with Crippen LogP contribution in [-0.4, -0.2) is 9.79 Å². The molecule has 4 rings (SSSR count). The Bertz CT molecular complexity index is 1260. The zero-order chi connectivity index (χ0) is 28.8. The van der Waals surface area contributed by atoms with Gasteiger partial charge in [-0.15, -0.1) is 0 Å². The van der Waals surface area contributed by atoms with Crippen LogP contribution in [0.3, 0.4) is 0 Å². The van der Waals surface area contributed by atoms with E-state index in [1.807, 2.05) is 0 Å². The van der Waals surface area contributed by atoms with Gasteiger partial charge in [-0.1, -0.05) is 126 Å². The first-order chi connectivity index (χ1) is 18.4. The predicted octanol–water partition coefficient (Wildman–Crippen LogP) is 9.90. The summed E-state index contributed by atoms with van der Waals surface area (Å²) in [6.07, 6.45) is 0. The minimum absolute atomic E-state index is 0.108. The van der Waals surface area contributed by atoms with Crippen LogP contribution in [0, 0.1) is 13.8 Å². The monoisotopic (exact) mass is 560 g/mol. The molecule has 0 spiro atoms. The van der Waals surface area contributed by atoms with Gasteiger partial charge in [0.25, 0.3) is 0 Å². The van der Waals surface area contributed by atoms with Crippen molar-refractivity contribution in [2.45, 2.75) is 66.2 Å². The highest BCUT2D eigenvalue weighted by Gasteiger charge is 2.21. The Balaban J connectivity index is 0.000000771. The number of hydrogen-bond donors (Lipinski definition) is 2. The van der Waals surface area contributed by atoms with Gasteiger partial charge < -0.3 is 9.79 Å². The molecule has 0 saturated heterocycles. The molecule has 0 fully saturated rings. The maximum atomic E-state index is 7.72. The molecule has 4 aromatic carbocycles. The molecule has 0 aromatic heterocycles. The standard InChI is InChI=1S/C34H38.H4O3P2/c1-23-11-9-13-29(33(3,4)5)31(23)27-19-15-25(16-20-27)26-17-21-28(22-18-26)32-24(2)12-10-14-30(32)34(6,7)8;1-4-3-5-2/h9-22H,1-8H3;1-2,4-5H. The van der Waals surface area contributed by atoms with E-state index in [1.54, 1.807) is 0 Å². The second kappa shape index (κ2) is 13.3. The Labute approximate surface area is 238 Å². The molecule has 3 nitrogen and oxygen atoms in total. The molecule has 0 bridgehead atoms. The summed E-state index contributed by atoms with van der Waals surface area (Å²) in [5, 5.41) is 0. The average molecular weight is 561 g/mol. The quantitative estimate of drug-likeness (QED) is 0.239. The Morgan fingerprint density at radius 1 is 0.487 bits per heavy atom. The highest BCUT2D eigenvalue weighted by molar-refractivity contribution is 7.39. The van der Waals surface area contributed by atoms with Gasteiger partial charge in [0.2, 0.25) is 0 Å². The van der Waals surface area contributed by atoms with Crippen molar-refractivity contribution in [3.63, 3.8) is 0 Å². The van der Waals surface area contributed by atoms with E-state index in [9.17, 15) is 0 Å². The molecular formula is C34H42O3P2. The number of benzene rings is 4. The topological polar surface area (TPSA) is 49.7 Å². The normalized spacial score (nSPS) is 12.3. The molecule has 0 heterocycles. The third kappa shape index (κ3) is 7.85. The predicted molar refractivity (Wildman–Crippen MR) is 172 cm³/mol. The van der Waals surface area contributed by atoms with Gasteiger partial charge >= 0.3 is 0 Å². The van der Waals surface area contributed by atoms with Crippen molar-refractivity contribution in [1.29, 1.82) is 0 Å². The minimum atomic E-state index is -0.580. The van der Waals surface area contributed by atoms with Crippen LogP contribution in [0.1, 0.15) is 63.8 Å². The van der Waals surface area contributed by atoms with Gasteiger partial charge in [0, 0.05) is 0 Å². The van der Waals surface area contributed by atoms with E-state index in [4.69, 9.17) is 9.79 Å². The van der Waals surface area contributed by atoms with E-state index < -0.39 is 18.1 Å². The average Bonchev–Trinajstić information content (AvgIpc) is 2.88. The van der Waals surface area contributed by atoms with E-state index in [1.165, 1.54) is 55.6 Å². The molecule has 2 N–H and O–H groups in total. The highest BCUT2D eigenvalue weighted by Crippen LogP contribution is 2.38. The number of aryl methyl sites for hydroxylation is 2. The summed E-state index contributed by atoms with van der Waals surface area (Å²) in [5.41, 5.74) is 13.5. The summed E-state index contributed by atoms with van der Waals surface area (Å²) in [6, 6.07) is 31.5. The Morgan fingerprint density at radius 3 is 1.05 bits per heavy atom. The molecule has 0 aliphatic rings. The fourth-order valence-electron chi connectivity index (χ4n) is 5.03. The van der Waals surface area contributed by atoms with Crippen LogP contribution in [0.2, 0.25) is 0 Å². The first-order valence-corrected chi connectivity index (χ1v) is 14.9. The molecule has 5 heteroatoms. The smallest absolute Gasteiger partial charge is 0.158 e. The van der Waals surface area contributed by atoms with Gasteiger partial charge in [0.15, 0.2) is 18.1 Å². The lowest BCUT2D eigenvalue weighted by Crippen LogP contribution is -2.13. The van der Waals surface area contributed by atoms with Crippen LogP contribution in [0.25, 0.3) is 33.4 Å². The molecular weight excluding hydrogens is 518 g/mol. The molecule has 39 heavy (non-hydrogen) atoms. The van der Waals surface area contributed by atoms with Crippen molar-refractivity contribution < 1.29 is 14.1 Å². The van der Waals surface area contributed by atoms with Crippen LogP contribution in [0.5, 0.6) is 0 Å². The molecule has 0 amide bonds. The zero-order valence-electron chi connectivity index (χ0n) is 24.4. The fraction of sp³-hybridized carbons (Fsp3) is 0.294. The number of rotatable bonds is 5. The largest absolute Gasteiger partial charge is 0.352 e. The van der Waals surface area contributed by atoms with Gasteiger partial charge in [0.05, 0.1) is 0 Å². The minimum Gasteiger partial charge on any atom is -0.352 e. The van der Waals surface area contributed by atoms with Crippen LogP contribution in [0.4, 0.5) is 0 Å². The molecule has 2 atom stereocenters. The summed E-state index contributed by atoms with van der Waals surface area (Å²) in [4.78, 5) is 15.4. The SMILES string of the molecule is Cc1cccc(C(C)(C)C)c1-c1ccc(-c2ccc(-c3c(C)cccc3C(C)(C)C)cc2)cc1.OPOPO. The summed E-state index contributed by atoms with van der Waals surface area (Å²) in [6.45, 7) is 18.2. The molecule has 0 saturated carbocycles. The Kier molecular flexibility index (Phi) is 10.6. The van der Waals surface area contributed by atoms with E-state index in [2.05, 4.69) is 145 Å². The maximum absolute atomic E-state index is 7.72. The van der Waals surface area contributed by atoms with Gasteiger partial charge in [-0.2, -0.15) is 0 Å². The second-order valence-electron chi connectivity index (χ2n) is 11.9. The molecule has 0 aliphatic carbocycles. The lowest BCUT2D eigenvalue weighted by atomic mass is 9.80. The second-order valence-corrected chi connectivity index (χ2v) is 13.1. The summed E-state index contributed by atoms with van der Waals surface area (Å²) >= 11 is 0. The summed E-state index contributed by atoms with van der Waals surface area (Å²) < 4.78 is 4.00. The summed E-state index contributed by atoms with van der Waals surface area (Å²) in [7, 11) is -1.16. The van der Waals surface area contributed by atoms with Crippen molar-refractivity contribution in [2.24, 2.45) is 0 Å². The maximum Gasteiger partial charge on any atom is 0.158 e. The highest BCUT2D eigenvalue weighted by atomic mass is 31.2. The molecule has 4 aromatic rings. The number of hydrogen-bond acceptors (Lipinski definition) is 3. The van der Waals surface area contributed by atoms with Crippen molar-refractivity contribution in [2.75, 3.05) is 0 Å². The lowest BCUT2D eigenvalue weighted by Gasteiger charge is -2.25. The van der Waals surface area contributed by atoms with Crippen molar-refractivity contribution in [3.8, 4) is 33.4 Å². The molecule has 206 valence electrons. The fourth-order valence-corrected chi connectivity index (χ4v) is 5.19. The zero-order valence-corrected chi connectivity index (χ0v) is 26.4. The van der Waals surface area contributed by atoms with Gasteiger partial charge in [-0.3, -0.25) is 4.31 Å². The van der Waals surface area contributed by atoms with Gasteiger partial charge in [-0.05, 0) is 80.3 Å².